The molecule has 246 valence electrons. The lowest BCUT2D eigenvalue weighted by molar-refractivity contribution is -0.303. The second-order valence-corrected chi connectivity index (χ2v) is 13.6. The molecule has 4 aromatic rings. The Morgan fingerprint density at radius 2 is 0.796 bits per heavy atom. The first-order valence-corrected chi connectivity index (χ1v) is 17.3. The monoisotopic (exact) mass is 693 g/mol. The van der Waals surface area contributed by atoms with Crippen LogP contribution in [-0.2, 0) is 34.8 Å². The summed E-state index contributed by atoms with van der Waals surface area (Å²) >= 11 is 0. The van der Waals surface area contributed by atoms with Crippen molar-refractivity contribution in [1.82, 2.24) is 0 Å². The van der Waals surface area contributed by atoms with Gasteiger partial charge in [0.2, 0.25) is 0 Å². The van der Waals surface area contributed by atoms with Crippen molar-refractivity contribution in [2.45, 2.75) is 0 Å². The fourth-order valence-corrected chi connectivity index (χ4v) is 8.22. The molecule has 0 radical (unpaired) electrons. The van der Waals surface area contributed by atoms with Gasteiger partial charge in [-0.25, -0.2) is 4.31 Å². The van der Waals surface area contributed by atoms with Crippen LogP contribution in [0.5, 0.6) is 0 Å². The molecule has 3 amide bonds. The molecule has 0 bridgehead atoms. The normalized spacial score (nSPS) is 17.8. The predicted molar refractivity (Wildman–Crippen MR) is 182 cm³/mol. The fraction of sp³-hybridized carbons (Fsp3) is 0. The lowest BCUT2D eigenvalue weighted by Crippen LogP contribution is -2.57. The van der Waals surface area contributed by atoms with Gasteiger partial charge in [0.25, 0.3) is 17.7 Å². The lowest BCUT2D eigenvalue weighted by atomic mass is 10.1. The highest BCUT2D eigenvalue weighted by atomic mass is 32.2. The van der Waals surface area contributed by atoms with Gasteiger partial charge in [-0.2, -0.15) is 29.8 Å². The maximum Gasteiger partial charge on any atom is 0.340 e. The van der Waals surface area contributed by atoms with Crippen molar-refractivity contribution in [3.05, 3.63) is 169 Å². The second-order valence-electron chi connectivity index (χ2n) is 10.4. The summed E-state index contributed by atoms with van der Waals surface area (Å²) in [4.78, 5) is 40.6. The maximum absolute atomic E-state index is 13.6. The largest absolute Gasteiger partial charge is 0.859 e. The van der Waals surface area contributed by atoms with Crippen LogP contribution in [0.3, 0.4) is 0 Å². The van der Waals surface area contributed by atoms with Crippen LogP contribution in [0.25, 0.3) is 0 Å². The van der Waals surface area contributed by atoms with Crippen molar-refractivity contribution < 1.29 is 36.3 Å². The van der Waals surface area contributed by atoms with E-state index in [9.17, 15) is 36.3 Å². The Morgan fingerprint density at radius 1 is 0.449 bits per heavy atom. The van der Waals surface area contributed by atoms with E-state index < -0.39 is 55.2 Å². The van der Waals surface area contributed by atoms with Crippen LogP contribution in [0, 0.1) is 0 Å². The maximum atomic E-state index is 13.6. The molecule has 0 N–H and O–H groups in total. The van der Waals surface area contributed by atoms with E-state index in [-0.39, 0.29) is 22.7 Å². The molecule has 1 saturated heterocycles. The van der Waals surface area contributed by atoms with Crippen molar-refractivity contribution in [3.8, 4) is 0 Å². The van der Waals surface area contributed by atoms with Crippen molar-refractivity contribution in [1.29, 1.82) is 0 Å². The van der Waals surface area contributed by atoms with Gasteiger partial charge in [-0.05, 0) is 66.6 Å². The molecule has 0 atom stereocenters. The molecular formula is C35H25N4O8S2-. The van der Waals surface area contributed by atoms with E-state index in [2.05, 4.69) is 0 Å². The molecule has 2 aliphatic heterocycles. The molecule has 14 heteroatoms. The standard InChI is InChI=1S/C35H26N4O8S2/c40-32-30(33(41)37(27-18-8-2-9-19-27)48(44,45)36(32)26-16-6-1-7-17-26)24-14-5-15-25-31-34(42)38(28-20-10-3-11-21-28)49(46,47)39(35(31)43)29-22-12-4-13-23-29/h1-25,40H/p-1/b15-5+,24-14+. The van der Waals surface area contributed by atoms with Crippen LogP contribution in [0.1, 0.15) is 0 Å². The number of anilines is 4. The third-order valence-electron chi connectivity index (χ3n) is 7.29. The molecule has 2 aliphatic rings. The van der Waals surface area contributed by atoms with Crippen LogP contribution in [-0.4, -0.2) is 34.6 Å². The Hall–Kier alpha value is -6.25. The minimum atomic E-state index is -4.68. The number of benzene rings is 4. The van der Waals surface area contributed by atoms with E-state index in [4.69, 9.17) is 0 Å². The molecule has 2 heterocycles. The lowest BCUT2D eigenvalue weighted by Gasteiger charge is -2.40. The van der Waals surface area contributed by atoms with E-state index in [0.29, 0.717) is 17.2 Å². The summed E-state index contributed by atoms with van der Waals surface area (Å²) in [6.45, 7) is 0. The number of carbonyl (C=O) groups is 3. The van der Waals surface area contributed by atoms with E-state index in [1.54, 1.807) is 72.8 Å². The first-order chi connectivity index (χ1) is 23.5. The number of hydrogen-bond donors (Lipinski definition) is 0. The number of amides is 3. The van der Waals surface area contributed by atoms with Crippen LogP contribution < -0.4 is 22.3 Å². The van der Waals surface area contributed by atoms with E-state index in [1.807, 2.05) is 0 Å². The second kappa shape index (κ2) is 13.1. The molecule has 0 spiro atoms. The van der Waals surface area contributed by atoms with Crippen molar-refractivity contribution in [3.63, 3.8) is 0 Å². The van der Waals surface area contributed by atoms with Gasteiger partial charge in [-0.3, -0.25) is 14.4 Å². The van der Waals surface area contributed by atoms with Crippen LogP contribution >= 0.6 is 0 Å². The highest BCUT2D eigenvalue weighted by Gasteiger charge is 2.48. The molecule has 0 aromatic heterocycles. The summed E-state index contributed by atoms with van der Waals surface area (Å²) in [7, 11) is -9.36. The van der Waals surface area contributed by atoms with Crippen molar-refractivity contribution in [2.75, 3.05) is 17.2 Å². The summed E-state index contributed by atoms with van der Waals surface area (Å²) in [5.41, 5.74) is -0.906. The average Bonchev–Trinajstić information content (AvgIpc) is 3.08. The minimum absolute atomic E-state index is 0.0160. The smallest absolute Gasteiger partial charge is 0.340 e. The third kappa shape index (κ3) is 5.90. The van der Waals surface area contributed by atoms with Crippen molar-refractivity contribution >= 4 is 60.9 Å². The van der Waals surface area contributed by atoms with Gasteiger partial charge in [-0.1, -0.05) is 91.0 Å². The molecule has 1 fully saturated rings. The molecule has 0 saturated carbocycles. The van der Waals surface area contributed by atoms with Crippen LogP contribution in [0.2, 0.25) is 0 Å². The number of carbonyl (C=O) groups excluding carboxylic acids is 3. The number of para-hydroxylation sites is 4. The topological polar surface area (TPSA) is 156 Å². The van der Waals surface area contributed by atoms with Gasteiger partial charge in [0.15, 0.2) is 0 Å². The Kier molecular flexibility index (Phi) is 8.74. The average molecular weight is 694 g/mol. The highest BCUT2D eigenvalue weighted by molar-refractivity contribution is 7.96. The zero-order valence-corrected chi connectivity index (χ0v) is 26.9. The third-order valence-corrected chi connectivity index (χ3v) is 10.6. The SMILES string of the molecule is O=C1C(=C/C=C/C=C/C2=C([O-])N(c3ccccc3)S(=O)(=O)N(c3ccccc3)C2=O)C(=O)N(c2ccccc2)S(=O)(=O)N1c1ccccc1. The molecule has 12 nitrogen and oxygen atoms in total. The van der Waals surface area contributed by atoms with Gasteiger partial charge < -0.3 is 5.11 Å². The van der Waals surface area contributed by atoms with Gasteiger partial charge in [0.05, 0.1) is 28.3 Å². The molecular weight excluding hydrogens is 669 g/mol. The fourth-order valence-electron chi connectivity index (χ4n) is 5.11. The Labute approximate surface area is 282 Å². The first-order valence-electron chi connectivity index (χ1n) is 14.6. The van der Waals surface area contributed by atoms with Gasteiger partial charge in [0.1, 0.15) is 5.57 Å². The number of rotatable bonds is 7. The molecule has 6 rings (SSSR count). The van der Waals surface area contributed by atoms with Gasteiger partial charge in [0, 0.05) is 0 Å². The summed E-state index contributed by atoms with van der Waals surface area (Å²) in [6, 6.07) is 30.3. The molecule has 4 aromatic carbocycles. The zero-order valence-electron chi connectivity index (χ0n) is 25.3. The van der Waals surface area contributed by atoms with Gasteiger partial charge in [-0.15, -0.1) is 0 Å². The van der Waals surface area contributed by atoms with E-state index >= 15 is 0 Å². The minimum Gasteiger partial charge on any atom is -0.859 e. The Bertz CT molecular complexity index is 2210. The number of allylic oxidation sites excluding steroid dienone is 4. The van der Waals surface area contributed by atoms with Crippen LogP contribution in [0.4, 0.5) is 22.7 Å². The Morgan fingerprint density at radius 3 is 1.20 bits per heavy atom. The number of hydrogen-bond acceptors (Lipinski definition) is 8. The first kappa shape index (κ1) is 32.7. The van der Waals surface area contributed by atoms with Gasteiger partial charge >= 0.3 is 20.4 Å². The molecule has 49 heavy (non-hydrogen) atoms. The number of nitrogens with zero attached hydrogens (tertiary/aromatic N) is 4. The Balaban J connectivity index is 1.38. The summed E-state index contributed by atoms with van der Waals surface area (Å²) in [6.07, 6.45) is 6.03. The molecule has 0 unspecified atom stereocenters. The summed E-state index contributed by atoms with van der Waals surface area (Å²) in [5.74, 6) is -4.37. The van der Waals surface area contributed by atoms with Crippen LogP contribution in [0.15, 0.2) is 169 Å². The predicted octanol–water partition coefficient (Wildman–Crippen LogP) is 3.72. The summed E-state index contributed by atoms with van der Waals surface area (Å²) in [5, 5.41) is 13.5. The van der Waals surface area contributed by atoms with E-state index in [0.717, 1.165) is 12.2 Å². The van der Waals surface area contributed by atoms with Crippen molar-refractivity contribution in [2.24, 2.45) is 0 Å². The zero-order chi connectivity index (χ0) is 34.8. The highest BCUT2D eigenvalue weighted by Crippen LogP contribution is 2.35. The molecule has 0 aliphatic carbocycles. The van der Waals surface area contributed by atoms with E-state index in [1.165, 1.54) is 66.8 Å². The quantitative estimate of drug-likeness (QED) is 0.161. The summed E-state index contributed by atoms with van der Waals surface area (Å²) < 4.78 is 56.7.